The van der Waals surface area contributed by atoms with E-state index in [1.807, 2.05) is 102 Å². The normalized spacial score (nSPS) is 14.0. The number of rotatable bonds is 20. The van der Waals surface area contributed by atoms with Crippen molar-refractivity contribution in [1.82, 2.24) is 20.3 Å². The van der Waals surface area contributed by atoms with Crippen LogP contribution < -0.4 is 30.5 Å². The first-order valence-corrected chi connectivity index (χ1v) is 30.7. The minimum Gasteiger partial charge on any atom is -0.449 e. The number of anilines is 3. The number of carbonyl (C=O) groups excluding carboxylic acids is 4. The van der Waals surface area contributed by atoms with Gasteiger partial charge in [-0.2, -0.15) is 4.31 Å². The minimum atomic E-state index is -3.92. The zero-order valence-electron chi connectivity index (χ0n) is 45.2. The van der Waals surface area contributed by atoms with Crippen molar-refractivity contribution in [1.29, 1.82) is 0 Å². The molecule has 0 aromatic heterocycles. The fourth-order valence-electron chi connectivity index (χ4n) is 10.6. The van der Waals surface area contributed by atoms with Gasteiger partial charge in [0.15, 0.2) is 0 Å². The predicted molar refractivity (Wildman–Crippen MR) is 319 cm³/mol. The van der Waals surface area contributed by atoms with Crippen LogP contribution in [0.4, 0.5) is 26.7 Å². The number of carbonyl (C=O) groups is 4. The van der Waals surface area contributed by atoms with Crippen molar-refractivity contribution in [2.75, 3.05) is 86.9 Å². The van der Waals surface area contributed by atoms with Crippen molar-refractivity contribution < 1.29 is 50.2 Å². The van der Waals surface area contributed by atoms with E-state index in [1.54, 1.807) is 24.3 Å². The summed E-state index contributed by atoms with van der Waals surface area (Å²) in [5.41, 5.74) is 9.88. The number of nitrogens with zero attached hydrogens (tertiary/aromatic N) is 3. The number of sulfonamides is 2. The molecule has 83 heavy (non-hydrogen) atoms. The average Bonchev–Trinajstić information content (AvgIpc) is 2.94. The molecule has 18 nitrogen and oxygen atoms in total. The van der Waals surface area contributed by atoms with Crippen LogP contribution in [0.3, 0.4) is 0 Å². The van der Waals surface area contributed by atoms with E-state index in [0.717, 1.165) is 60.8 Å². The highest BCUT2D eigenvalue weighted by Gasteiger charge is 2.32. The zero-order valence-corrected chi connectivity index (χ0v) is 48.4. The van der Waals surface area contributed by atoms with E-state index in [2.05, 4.69) is 21.3 Å². The van der Waals surface area contributed by atoms with Gasteiger partial charge in [-0.25, -0.2) is 26.4 Å². The van der Waals surface area contributed by atoms with Crippen LogP contribution in [-0.2, 0) is 45.6 Å². The number of benzene rings is 7. The predicted octanol–water partition coefficient (Wildman–Crippen LogP) is 9.23. The van der Waals surface area contributed by atoms with Crippen molar-refractivity contribution in [2.24, 2.45) is 0 Å². The monoisotopic (exact) mass is 1200 g/mol. The SMILES string of the molecule is CN(c1ccc(CNC(=O)COC(CNC(=O)OCC2c3ccccc3-c3ccccc32)CNC(=O)OCC2c3ccccc3-c3ccccc32)cc1C(=O)Nc1ccc(S(=O)(=O)N2CCN(c3cc(Cl)cc(Cl)c3)CC2)cc1)S(C)(=O)=O. The molecule has 3 aliphatic rings. The van der Waals surface area contributed by atoms with E-state index in [1.165, 1.54) is 47.8 Å². The molecule has 10 rings (SSSR count). The Morgan fingerprint density at radius 1 is 0.614 bits per heavy atom. The number of ether oxygens (including phenoxy) is 3. The van der Waals surface area contributed by atoms with E-state index in [4.69, 9.17) is 37.4 Å². The van der Waals surface area contributed by atoms with E-state index in [-0.39, 0.29) is 79.6 Å². The van der Waals surface area contributed by atoms with Gasteiger partial charge < -0.3 is 40.4 Å². The highest BCUT2D eigenvalue weighted by molar-refractivity contribution is 7.92. The van der Waals surface area contributed by atoms with Crippen molar-refractivity contribution in [3.05, 3.63) is 201 Å². The third-order valence-electron chi connectivity index (χ3n) is 14.9. The van der Waals surface area contributed by atoms with E-state index >= 15 is 0 Å². The Balaban J connectivity index is 0.765. The summed E-state index contributed by atoms with van der Waals surface area (Å²) in [6, 6.07) is 47.1. The summed E-state index contributed by atoms with van der Waals surface area (Å²) in [5.74, 6) is -1.68. The molecule has 7 aromatic rings. The lowest BCUT2D eigenvalue weighted by Gasteiger charge is -2.35. The van der Waals surface area contributed by atoms with Crippen LogP contribution in [0, 0.1) is 0 Å². The van der Waals surface area contributed by atoms with E-state index < -0.39 is 56.8 Å². The Bertz CT molecular complexity index is 3600. The molecule has 0 bridgehead atoms. The standard InChI is InChI=1S/C61H59Cl2N7O11S2/c1-68(82(2,75)76)57-24-19-39(29-54(57)59(72)67-42-20-22-45(23-21-42)83(77,78)70-27-25-69(26-28-70)43-31-40(62)30-41(63)32-43)33-64-58(71)38-79-44(34-65-60(73)80-36-55-50-15-7-3-11-46(50)47-12-4-8-16-51(47)55)35-66-61(74)81-37-56-52-17-9-5-13-48(52)49-14-6-10-18-53(49)56/h3-24,29-32,44,55-56H,25-28,33-38H2,1-2H3,(H,64,71)(H,65,73)(H,66,74)(H,67,72). The first-order chi connectivity index (χ1) is 39.9. The van der Waals surface area contributed by atoms with Crippen LogP contribution in [-0.4, -0.2) is 124 Å². The molecule has 1 fully saturated rings. The number of piperazine rings is 1. The smallest absolute Gasteiger partial charge is 0.407 e. The number of hydrogen-bond acceptors (Lipinski definition) is 12. The molecule has 7 aromatic carbocycles. The van der Waals surface area contributed by atoms with Gasteiger partial charge in [0, 0.05) is 86.1 Å². The van der Waals surface area contributed by atoms with Crippen molar-refractivity contribution >= 4 is 84.3 Å². The number of amides is 4. The number of alkyl carbamates (subject to hydrolysis) is 2. The van der Waals surface area contributed by atoms with Gasteiger partial charge in [-0.1, -0.05) is 126 Å². The van der Waals surface area contributed by atoms with Crippen LogP contribution in [0.5, 0.6) is 0 Å². The average molecular weight is 1200 g/mol. The van der Waals surface area contributed by atoms with E-state index in [0.29, 0.717) is 28.7 Å². The van der Waals surface area contributed by atoms with Crippen LogP contribution in [0.1, 0.15) is 50.0 Å². The summed E-state index contributed by atoms with van der Waals surface area (Å²) in [7, 11) is -6.48. The van der Waals surface area contributed by atoms with Gasteiger partial charge in [0.25, 0.3) is 5.91 Å². The minimum absolute atomic E-state index is 0.0130. The molecule has 1 saturated heterocycles. The Hall–Kier alpha value is -7.98. The third kappa shape index (κ3) is 13.4. The van der Waals surface area contributed by atoms with Gasteiger partial charge in [0.1, 0.15) is 19.8 Å². The Morgan fingerprint density at radius 3 is 1.58 bits per heavy atom. The lowest BCUT2D eigenvalue weighted by Crippen LogP contribution is -2.48. The number of halogens is 2. The van der Waals surface area contributed by atoms with Gasteiger partial charge in [0.2, 0.25) is 26.0 Å². The Morgan fingerprint density at radius 2 is 1.10 bits per heavy atom. The molecule has 0 spiro atoms. The maximum atomic E-state index is 14.0. The fraction of sp³-hybridized carbons (Fsp3) is 0.246. The quantitative estimate of drug-likeness (QED) is 0.0561. The third-order valence-corrected chi connectivity index (χ3v) is 18.5. The zero-order chi connectivity index (χ0) is 58.4. The second-order valence-electron chi connectivity index (χ2n) is 20.2. The van der Waals surface area contributed by atoms with Gasteiger partial charge >= 0.3 is 12.2 Å². The molecule has 2 aliphatic carbocycles. The summed E-state index contributed by atoms with van der Waals surface area (Å²) in [4.78, 5) is 56.1. The molecule has 1 aliphatic heterocycles. The molecule has 430 valence electrons. The molecule has 22 heteroatoms. The van der Waals surface area contributed by atoms with Gasteiger partial charge in [-0.3, -0.25) is 13.9 Å². The number of hydrogen-bond donors (Lipinski definition) is 4. The lowest BCUT2D eigenvalue weighted by atomic mass is 9.98. The molecule has 0 unspecified atom stereocenters. The van der Waals surface area contributed by atoms with Crippen molar-refractivity contribution in [3.63, 3.8) is 0 Å². The first-order valence-electron chi connectivity index (χ1n) is 26.7. The van der Waals surface area contributed by atoms with Gasteiger partial charge in [0.05, 0.1) is 28.5 Å². The van der Waals surface area contributed by atoms with Crippen LogP contribution >= 0.6 is 23.2 Å². The Labute approximate surface area is 491 Å². The van der Waals surface area contributed by atoms with Crippen molar-refractivity contribution in [3.8, 4) is 22.3 Å². The van der Waals surface area contributed by atoms with Crippen molar-refractivity contribution in [2.45, 2.75) is 29.4 Å². The molecular formula is C61H59Cl2N7O11S2. The first kappa shape index (κ1) is 58.2. The maximum Gasteiger partial charge on any atom is 0.407 e. The molecule has 1 heterocycles. The molecule has 0 atom stereocenters. The molecule has 0 radical (unpaired) electrons. The second-order valence-corrected chi connectivity index (χ2v) is 25.0. The van der Waals surface area contributed by atoms with Crippen LogP contribution in [0.15, 0.2) is 163 Å². The number of fused-ring (bicyclic) bond motifs is 6. The molecule has 4 N–H and O–H groups in total. The number of nitrogens with one attached hydrogen (secondary N) is 4. The maximum absolute atomic E-state index is 14.0. The topological polar surface area (TPSA) is 222 Å². The summed E-state index contributed by atoms with van der Waals surface area (Å²) < 4.78 is 72.8. The lowest BCUT2D eigenvalue weighted by molar-refractivity contribution is -0.127. The Kier molecular flexibility index (Phi) is 17.7. The van der Waals surface area contributed by atoms with Gasteiger partial charge in [-0.15, -0.1) is 0 Å². The second kappa shape index (κ2) is 25.3. The van der Waals surface area contributed by atoms with Gasteiger partial charge in [-0.05, 0) is 105 Å². The summed E-state index contributed by atoms with van der Waals surface area (Å²) in [6.07, 6.45) is -1.43. The molecule has 0 saturated carbocycles. The highest BCUT2D eigenvalue weighted by atomic mass is 35.5. The largest absolute Gasteiger partial charge is 0.449 e. The summed E-state index contributed by atoms with van der Waals surface area (Å²) in [5, 5.41) is 11.9. The molecular weight excluding hydrogens is 1140 g/mol. The molecule has 4 amide bonds. The van der Waals surface area contributed by atoms with Crippen LogP contribution in [0.2, 0.25) is 10.0 Å². The van der Waals surface area contributed by atoms with E-state index in [9.17, 15) is 36.0 Å². The fourth-order valence-corrected chi connectivity index (χ4v) is 13.1. The highest BCUT2D eigenvalue weighted by Crippen LogP contribution is 2.46. The summed E-state index contributed by atoms with van der Waals surface area (Å²) in [6.45, 7) is 0.358. The van der Waals surface area contributed by atoms with Crippen LogP contribution in [0.25, 0.3) is 22.3 Å². The summed E-state index contributed by atoms with van der Waals surface area (Å²) >= 11 is 12.4.